The van der Waals surface area contributed by atoms with Gasteiger partial charge in [-0.2, -0.15) is 0 Å². The fourth-order valence-electron chi connectivity index (χ4n) is 2.27. The largest absolute Gasteiger partial charge is 0.298 e. The van der Waals surface area contributed by atoms with Crippen molar-refractivity contribution in [1.82, 2.24) is 14.5 Å². The van der Waals surface area contributed by atoms with Crippen LogP contribution in [0.25, 0.3) is 10.9 Å². The van der Waals surface area contributed by atoms with Gasteiger partial charge in [0.25, 0.3) is 5.56 Å². The van der Waals surface area contributed by atoms with Crippen LogP contribution >= 0.6 is 0 Å². The predicted molar refractivity (Wildman–Crippen MR) is 78.7 cm³/mol. The molecule has 20 heavy (non-hydrogen) atoms. The van der Waals surface area contributed by atoms with E-state index in [1.54, 1.807) is 17.1 Å². The zero-order valence-electron chi connectivity index (χ0n) is 11.3. The summed E-state index contributed by atoms with van der Waals surface area (Å²) in [4.78, 5) is 20.8. The number of aryl methyl sites for hydroxylation is 3. The lowest BCUT2D eigenvalue weighted by atomic mass is 10.1. The zero-order chi connectivity index (χ0) is 13.9. The third-order valence-electron chi connectivity index (χ3n) is 3.33. The first-order chi connectivity index (χ1) is 9.74. The summed E-state index contributed by atoms with van der Waals surface area (Å²) >= 11 is 0. The van der Waals surface area contributed by atoms with Crippen LogP contribution in [0.5, 0.6) is 0 Å². The number of benzene rings is 1. The molecule has 0 saturated carbocycles. The van der Waals surface area contributed by atoms with E-state index >= 15 is 0 Å². The molecule has 0 aliphatic rings. The van der Waals surface area contributed by atoms with E-state index in [4.69, 9.17) is 0 Å². The number of para-hydroxylation sites is 1. The van der Waals surface area contributed by atoms with Gasteiger partial charge in [0.05, 0.1) is 17.2 Å². The highest BCUT2D eigenvalue weighted by Crippen LogP contribution is 2.06. The molecule has 0 N–H and O–H groups in total. The van der Waals surface area contributed by atoms with Crippen LogP contribution in [0.2, 0.25) is 0 Å². The maximum atomic E-state index is 12.3. The molecule has 0 fully saturated rings. The number of hydrogen-bond donors (Lipinski definition) is 0. The summed E-state index contributed by atoms with van der Waals surface area (Å²) in [6.45, 7) is 2.59. The smallest absolute Gasteiger partial charge is 0.261 e. The first kappa shape index (κ1) is 12.5. The molecule has 0 bridgehead atoms. The Morgan fingerprint density at radius 1 is 1.15 bits per heavy atom. The van der Waals surface area contributed by atoms with Gasteiger partial charge in [0.1, 0.15) is 0 Å². The van der Waals surface area contributed by atoms with Crippen molar-refractivity contribution in [2.75, 3.05) is 0 Å². The maximum absolute atomic E-state index is 12.3. The number of aromatic nitrogens is 3. The Morgan fingerprint density at radius 3 is 2.85 bits per heavy atom. The van der Waals surface area contributed by atoms with Gasteiger partial charge < -0.3 is 0 Å². The van der Waals surface area contributed by atoms with E-state index in [0.29, 0.717) is 11.9 Å². The molecule has 0 unspecified atom stereocenters. The van der Waals surface area contributed by atoms with Gasteiger partial charge in [0.2, 0.25) is 0 Å². The van der Waals surface area contributed by atoms with E-state index in [9.17, 15) is 4.79 Å². The second-order valence-electron chi connectivity index (χ2n) is 4.82. The Bertz CT molecular complexity index is 808. The van der Waals surface area contributed by atoms with Gasteiger partial charge in [-0.25, -0.2) is 4.98 Å². The van der Waals surface area contributed by atoms with Crippen LogP contribution in [0, 0.1) is 6.92 Å². The van der Waals surface area contributed by atoms with Gasteiger partial charge in [-0.3, -0.25) is 14.3 Å². The van der Waals surface area contributed by atoms with Crippen molar-refractivity contribution >= 4 is 10.9 Å². The molecule has 3 rings (SSSR count). The summed E-state index contributed by atoms with van der Waals surface area (Å²) in [5.41, 5.74) is 2.93. The summed E-state index contributed by atoms with van der Waals surface area (Å²) in [6, 6.07) is 11.4. The monoisotopic (exact) mass is 265 g/mol. The minimum Gasteiger partial charge on any atom is -0.298 e. The van der Waals surface area contributed by atoms with Crippen molar-refractivity contribution in [3.05, 3.63) is 70.5 Å². The number of rotatable bonds is 3. The minimum absolute atomic E-state index is 0.0152. The quantitative estimate of drug-likeness (QED) is 0.730. The molecular formula is C16H15N3O. The Morgan fingerprint density at radius 2 is 2.00 bits per heavy atom. The average molecular weight is 265 g/mol. The standard InChI is InChI=1S/C16H15N3O/c1-12-10-13(6-8-17-12)7-9-19-11-18-15-5-3-2-4-14(15)16(19)20/h2-6,8,10-11H,7,9H2,1H3. The zero-order valence-corrected chi connectivity index (χ0v) is 11.3. The normalized spacial score (nSPS) is 10.8. The first-order valence-corrected chi connectivity index (χ1v) is 6.60. The maximum Gasteiger partial charge on any atom is 0.261 e. The second-order valence-corrected chi connectivity index (χ2v) is 4.82. The molecule has 0 spiro atoms. The Hall–Kier alpha value is -2.49. The van der Waals surface area contributed by atoms with Gasteiger partial charge >= 0.3 is 0 Å². The lowest BCUT2D eigenvalue weighted by Crippen LogP contribution is -2.21. The van der Waals surface area contributed by atoms with Crippen LogP contribution in [-0.4, -0.2) is 14.5 Å². The molecule has 0 amide bonds. The molecular weight excluding hydrogens is 250 g/mol. The van der Waals surface area contributed by atoms with Crippen LogP contribution in [0.1, 0.15) is 11.3 Å². The minimum atomic E-state index is 0.0152. The third kappa shape index (κ3) is 2.45. The van der Waals surface area contributed by atoms with Crippen LogP contribution in [0.4, 0.5) is 0 Å². The molecule has 0 saturated heterocycles. The number of nitrogens with zero attached hydrogens (tertiary/aromatic N) is 3. The van der Waals surface area contributed by atoms with Gasteiger partial charge in [-0.15, -0.1) is 0 Å². The number of pyridine rings is 1. The van der Waals surface area contributed by atoms with Crippen molar-refractivity contribution < 1.29 is 0 Å². The molecule has 4 nitrogen and oxygen atoms in total. The lowest BCUT2D eigenvalue weighted by Gasteiger charge is -2.07. The number of hydrogen-bond acceptors (Lipinski definition) is 3. The van der Waals surface area contributed by atoms with E-state index in [1.165, 1.54) is 5.56 Å². The second kappa shape index (κ2) is 5.25. The molecule has 4 heteroatoms. The molecule has 0 aliphatic carbocycles. The van der Waals surface area contributed by atoms with Gasteiger partial charge in [0, 0.05) is 18.4 Å². The van der Waals surface area contributed by atoms with E-state index < -0.39 is 0 Å². The number of fused-ring (bicyclic) bond motifs is 1. The fourth-order valence-corrected chi connectivity index (χ4v) is 2.27. The van der Waals surface area contributed by atoms with Crippen molar-refractivity contribution in [1.29, 1.82) is 0 Å². The molecule has 0 radical (unpaired) electrons. The summed E-state index contributed by atoms with van der Waals surface area (Å²) in [5.74, 6) is 0. The van der Waals surface area contributed by atoms with Crippen molar-refractivity contribution in [3.63, 3.8) is 0 Å². The summed E-state index contributed by atoms with van der Waals surface area (Å²) in [6.07, 6.45) is 4.22. The first-order valence-electron chi connectivity index (χ1n) is 6.60. The van der Waals surface area contributed by atoms with E-state index in [2.05, 4.69) is 9.97 Å². The summed E-state index contributed by atoms with van der Waals surface area (Å²) in [7, 11) is 0. The van der Waals surface area contributed by atoms with Gasteiger partial charge in [-0.1, -0.05) is 12.1 Å². The molecule has 0 atom stereocenters. The Kier molecular flexibility index (Phi) is 3.29. The van der Waals surface area contributed by atoms with Crippen molar-refractivity contribution in [2.45, 2.75) is 19.9 Å². The molecule has 100 valence electrons. The third-order valence-corrected chi connectivity index (χ3v) is 3.33. The van der Waals surface area contributed by atoms with Crippen LogP contribution < -0.4 is 5.56 Å². The molecule has 1 aromatic carbocycles. The summed E-state index contributed by atoms with van der Waals surface area (Å²) in [5, 5.41) is 0.668. The predicted octanol–water partition coefficient (Wildman–Crippen LogP) is 2.34. The van der Waals surface area contributed by atoms with Crippen LogP contribution in [0.15, 0.2) is 53.7 Å². The van der Waals surface area contributed by atoms with E-state index in [0.717, 1.165) is 17.6 Å². The Balaban J connectivity index is 1.88. The Labute approximate surface area is 116 Å². The van der Waals surface area contributed by atoms with Gasteiger partial charge in [0.15, 0.2) is 0 Å². The average Bonchev–Trinajstić information content (AvgIpc) is 2.47. The topological polar surface area (TPSA) is 47.8 Å². The van der Waals surface area contributed by atoms with E-state index in [-0.39, 0.29) is 5.56 Å². The highest BCUT2D eigenvalue weighted by atomic mass is 16.1. The molecule has 2 aromatic heterocycles. The van der Waals surface area contributed by atoms with Crippen LogP contribution in [0.3, 0.4) is 0 Å². The lowest BCUT2D eigenvalue weighted by molar-refractivity contribution is 0.662. The van der Waals surface area contributed by atoms with Crippen molar-refractivity contribution in [2.24, 2.45) is 0 Å². The van der Waals surface area contributed by atoms with Crippen molar-refractivity contribution in [3.8, 4) is 0 Å². The fraction of sp³-hybridized carbons (Fsp3) is 0.188. The highest BCUT2D eigenvalue weighted by Gasteiger charge is 2.03. The summed E-state index contributed by atoms with van der Waals surface area (Å²) < 4.78 is 1.66. The SMILES string of the molecule is Cc1cc(CCn2cnc3ccccc3c2=O)ccn1. The molecule has 3 aromatic rings. The van der Waals surface area contributed by atoms with E-state index in [1.807, 2.05) is 43.3 Å². The molecule has 2 heterocycles. The van der Waals surface area contributed by atoms with Crippen LogP contribution in [-0.2, 0) is 13.0 Å². The molecule has 0 aliphatic heterocycles. The van der Waals surface area contributed by atoms with Gasteiger partial charge in [-0.05, 0) is 43.2 Å². The highest BCUT2D eigenvalue weighted by molar-refractivity contribution is 5.76.